The largest absolute Gasteiger partial charge is 0.461 e. The smallest absolute Gasteiger partial charge is 0.238 e. The van der Waals surface area contributed by atoms with Crippen LogP contribution in [-0.2, 0) is 22.4 Å². The number of amides is 1. The van der Waals surface area contributed by atoms with Crippen LogP contribution in [0.3, 0.4) is 0 Å². The number of nitrogens with zero attached hydrogens (tertiary/aromatic N) is 3. The van der Waals surface area contributed by atoms with Crippen LogP contribution in [0.5, 0.6) is 0 Å². The Labute approximate surface area is 161 Å². The van der Waals surface area contributed by atoms with Gasteiger partial charge >= 0.3 is 0 Å². The first-order valence-electron chi connectivity index (χ1n) is 9.33. The van der Waals surface area contributed by atoms with Gasteiger partial charge in [0, 0.05) is 31.2 Å². The molecule has 4 rings (SSSR count). The number of carbonyl (C=O) groups is 1. The molecule has 0 bridgehead atoms. The van der Waals surface area contributed by atoms with E-state index < -0.39 is 0 Å². The van der Waals surface area contributed by atoms with Gasteiger partial charge in [-0.1, -0.05) is 10.3 Å². The normalized spacial score (nSPS) is 19.2. The Morgan fingerprint density at radius 1 is 1.29 bits per heavy atom. The molecule has 1 aliphatic rings. The highest BCUT2D eigenvalue weighted by Gasteiger charge is 2.30. The fraction of sp³-hybridized carbons (Fsp3) is 0.474. The van der Waals surface area contributed by atoms with Crippen molar-refractivity contribution in [2.24, 2.45) is 5.92 Å². The van der Waals surface area contributed by atoms with Crippen molar-refractivity contribution < 1.29 is 23.0 Å². The molecule has 28 heavy (non-hydrogen) atoms. The molecule has 9 heteroatoms. The van der Waals surface area contributed by atoms with E-state index in [0.717, 1.165) is 11.5 Å². The fourth-order valence-corrected chi connectivity index (χ4v) is 3.27. The molecule has 0 unspecified atom stereocenters. The summed E-state index contributed by atoms with van der Waals surface area (Å²) < 4.78 is 21.2. The van der Waals surface area contributed by atoms with Crippen molar-refractivity contribution in [2.45, 2.75) is 38.6 Å². The van der Waals surface area contributed by atoms with E-state index in [0.29, 0.717) is 56.4 Å². The second-order valence-corrected chi connectivity index (χ2v) is 6.95. The number of hydrogen-bond acceptors (Lipinski definition) is 8. The number of nitrogens with one attached hydrogen (secondary N) is 1. The Bertz CT molecular complexity index is 901. The maximum atomic E-state index is 12.3. The first-order valence-corrected chi connectivity index (χ1v) is 9.33. The molecule has 1 fully saturated rings. The number of rotatable bonds is 8. The molecule has 3 aromatic heterocycles. The molecule has 0 saturated carbocycles. The third-order valence-electron chi connectivity index (χ3n) is 4.69. The van der Waals surface area contributed by atoms with Crippen LogP contribution < -0.4 is 5.32 Å². The monoisotopic (exact) mass is 386 g/mol. The highest BCUT2D eigenvalue weighted by Crippen LogP contribution is 2.20. The summed E-state index contributed by atoms with van der Waals surface area (Å²) in [6.45, 7) is 3.00. The summed E-state index contributed by atoms with van der Waals surface area (Å²) in [6.07, 6.45) is 3.78. The third kappa shape index (κ3) is 4.48. The van der Waals surface area contributed by atoms with E-state index in [4.69, 9.17) is 18.2 Å². The lowest BCUT2D eigenvalue weighted by Crippen LogP contribution is -2.40. The van der Waals surface area contributed by atoms with Gasteiger partial charge in [0.05, 0.1) is 31.2 Å². The van der Waals surface area contributed by atoms with Gasteiger partial charge in [0.25, 0.3) is 0 Å². The molecule has 3 aromatic rings. The van der Waals surface area contributed by atoms with Crippen molar-refractivity contribution in [1.82, 2.24) is 20.6 Å². The van der Waals surface area contributed by atoms with E-state index in [1.165, 1.54) is 0 Å². The van der Waals surface area contributed by atoms with E-state index in [9.17, 15) is 4.79 Å². The van der Waals surface area contributed by atoms with Gasteiger partial charge in [-0.25, -0.2) is 0 Å². The molecule has 148 valence electrons. The van der Waals surface area contributed by atoms with Gasteiger partial charge in [-0.3, -0.25) is 4.79 Å². The maximum absolute atomic E-state index is 12.3. The summed E-state index contributed by atoms with van der Waals surface area (Å²) >= 11 is 0. The molecule has 9 nitrogen and oxygen atoms in total. The zero-order chi connectivity index (χ0) is 19.3. The predicted molar refractivity (Wildman–Crippen MR) is 96.1 cm³/mol. The number of hydrogen-bond donors (Lipinski definition) is 1. The molecule has 1 N–H and O–H groups in total. The predicted octanol–water partition coefficient (Wildman–Crippen LogP) is 2.32. The van der Waals surface area contributed by atoms with Crippen LogP contribution >= 0.6 is 0 Å². The molecule has 0 aromatic carbocycles. The number of ether oxygens (including phenoxy) is 1. The Kier molecular flexibility index (Phi) is 5.52. The van der Waals surface area contributed by atoms with E-state index in [1.54, 1.807) is 18.4 Å². The highest BCUT2D eigenvalue weighted by atomic mass is 16.5. The van der Waals surface area contributed by atoms with Gasteiger partial charge in [0.2, 0.25) is 17.6 Å². The fourth-order valence-electron chi connectivity index (χ4n) is 3.27. The standard InChI is InChI=1S/C19H22N4O5/c1-12-8-14(27-22-12)9-13-10-25-11-15(13)20-17(24)5-2-6-18-21-19(23-28-18)16-4-3-7-26-16/h3-4,7-8,13,15H,2,5-6,9-11H2,1H3,(H,20,24)/t13-,15+/m1/s1. The summed E-state index contributed by atoms with van der Waals surface area (Å²) in [5, 5.41) is 10.8. The first-order chi connectivity index (χ1) is 13.7. The number of carbonyl (C=O) groups excluding carboxylic acids is 1. The average molecular weight is 386 g/mol. The van der Waals surface area contributed by atoms with Crippen LogP contribution in [0, 0.1) is 12.8 Å². The number of aryl methyl sites for hydroxylation is 2. The molecule has 4 heterocycles. The van der Waals surface area contributed by atoms with Crippen LogP contribution in [0.1, 0.15) is 30.2 Å². The van der Waals surface area contributed by atoms with Crippen LogP contribution in [-0.4, -0.2) is 40.5 Å². The van der Waals surface area contributed by atoms with Gasteiger partial charge in [-0.05, 0) is 25.5 Å². The lowest BCUT2D eigenvalue weighted by Gasteiger charge is -2.17. The quantitative estimate of drug-likeness (QED) is 0.627. The van der Waals surface area contributed by atoms with E-state index >= 15 is 0 Å². The van der Waals surface area contributed by atoms with Gasteiger partial charge in [-0.15, -0.1) is 0 Å². The molecular weight excluding hydrogens is 364 g/mol. The lowest BCUT2D eigenvalue weighted by molar-refractivity contribution is -0.122. The zero-order valence-corrected chi connectivity index (χ0v) is 15.6. The Hall–Kier alpha value is -2.94. The minimum Gasteiger partial charge on any atom is -0.461 e. The van der Waals surface area contributed by atoms with Crippen molar-refractivity contribution in [3.8, 4) is 11.6 Å². The summed E-state index contributed by atoms with van der Waals surface area (Å²) in [5.41, 5.74) is 0.853. The first kappa shape index (κ1) is 18.4. The SMILES string of the molecule is Cc1cc(C[C@@H]2COC[C@@H]2NC(=O)CCCc2nc(-c3ccco3)no2)on1. The summed E-state index contributed by atoms with van der Waals surface area (Å²) in [6, 6.07) is 5.42. The highest BCUT2D eigenvalue weighted by molar-refractivity contribution is 5.76. The minimum absolute atomic E-state index is 0.0139. The van der Waals surface area contributed by atoms with E-state index in [1.807, 2.05) is 13.0 Å². The Balaban J connectivity index is 1.22. The van der Waals surface area contributed by atoms with Gasteiger partial charge in [0.1, 0.15) is 5.76 Å². The van der Waals surface area contributed by atoms with Gasteiger partial charge in [0.15, 0.2) is 5.76 Å². The van der Waals surface area contributed by atoms with Gasteiger partial charge < -0.3 is 23.5 Å². The maximum Gasteiger partial charge on any atom is 0.238 e. The second-order valence-electron chi connectivity index (χ2n) is 6.95. The van der Waals surface area contributed by atoms with Crippen LogP contribution in [0.2, 0.25) is 0 Å². The second kappa shape index (κ2) is 8.39. The van der Waals surface area contributed by atoms with Crippen molar-refractivity contribution in [1.29, 1.82) is 0 Å². The molecular formula is C19H22N4O5. The lowest BCUT2D eigenvalue weighted by atomic mass is 9.98. The van der Waals surface area contributed by atoms with E-state index in [-0.39, 0.29) is 17.9 Å². The molecule has 0 radical (unpaired) electrons. The molecule has 0 aliphatic carbocycles. The molecule has 1 saturated heterocycles. The number of furan rings is 1. The Morgan fingerprint density at radius 2 is 2.21 bits per heavy atom. The van der Waals surface area contributed by atoms with Crippen molar-refractivity contribution in [3.63, 3.8) is 0 Å². The molecule has 2 atom stereocenters. The van der Waals surface area contributed by atoms with Gasteiger partial charge in [-0.2, -0.15) is 4.98 Å². The molecule has 1 aliphatic heterocycles. The van der Waals surface area contributed by atoms with E-state index in [2.05, 4.69) is 20.6 Å². The third-order valence-corrected chi connectivity index (χ3v) is 4.69. The van der Waals surface area contributed by atoms with Crippen LogP contribution in [0.25, 0.3) is 11.6 Å². The zero-order valence-electron chi connectivity index (χ0n) is 15.6. The average Bonchev–Trinajstić information content (AvgIpc) is 3.44. The summed E-state index contributed by atoms with van der Waals surface area (Å²) in [4.78, 5) is 16.6. The summed E-state index contributed by atoms with van der Waals surface area (Å²) in [7, 11) is 0. The van der Waals surface area contributed by atoms with Crippen molar-refractivity contribution in [3.05, 3.63) is 41.8 Å². The molecule has 1 amide bonds. The number of aromatic nitrogens is 3. The minimum atomic E-state index is -0.0214. The Morgan fingerprint density at radius 3 is 3.00 bits per heavy atom. The molecule has 0 spiro atoms. The summed E-state index contributed by atoms with van der Waals surface area (Å²) in [5.74, 6) is 2.45. The van der Waals surface area contributed by atoms with Crippen molar-refractivity contribution >= 4 is 5.91 Å². The van der Waals surface area contributed by atoms with Crippen molar-refractivity contribution in [2.75, 3.05) is 13.2 Å². The van der Waals surface area contributed by atoms with Crippen LogP contribution in [0.4, 0.5) is 0 Å². The topological polar surface area (TPSA) is 116 Å². The van der Waals surface area contributed by atoms with Crippen LogP contribution in [0.15, 0.2) is 37.9 Å².